The largest absolute Gasteiger partial charge is 0.494 e. The van der Waals surface area contributed by atoms with Crippen LogP contribution >= 0.6 is 0 Å². The Hall–Kier alpha value is -2.21. The monoisotopic (exact) mass is 334 g/mol. The molecule has 23 heavy (non-hydrogen) atoms. The fourth-order valence-electron chi connectivity index (χ4n) is 2.13. The summed E-state index contributed by atoms with van der Waals surface area (Å²) in [6.07, 6.45) is 0. The van der Waals surface area contributed by atoms with Crippen LogP contribution in [-0.4, -0.2) is 15.5 Å². The first-order valence-corrected chi connectivity index (χ1v) is 8.69. The van der Waals surface area contributed by atoms with Crippen LogP contribution in [0.5, 0.6) is 5.75 Å². The van der Waals surface area contributed by atoms with Gasteiger partial charge in [-0.2, -0.15) is 0 Å². The molecule has 2 rings (SSSR count). The van der Waals surface area contributed by atoms with Crippen LogP contribution in [0.1, 0.15) is 26.3 Å². The van der Waals surface area contributed by atoms with Crippen molar-refractivity contribution >= 4 is 21.4 Å². The highest BCUT2D eigenvalue weighted by Gasteiger charge is 2.19. The second-order valence-electron chi connectivity index (χ2n) is 6.34. The summed E-state index contributed by atoms with van der Waals surface area (Å²) in [5, 5.41) is 0. The maximum atomic E-state index is 12.5. The van der Waals surface area contributed by atoms with E-state index in [9.17, 15) is 8.42 Å². The van der Waals surface area contributed by atoms with Crippen molar-refractivity contribution in [2.24, 2.45) is 0 Å². The van der Waals surface area contributed by atoms with Gasteiger partial charge in [0, 0.05) is 11.8 Å². The minimum absolute atomic E-state index is 0.0318. The lowest BCUT2D eigenvalue weighted by atomic mass is 9.87. The molecule has 0 aliphatic heterocycles. The Bertz CT molecular complexity index is 792. The molecule has 0 saturated heterocycles. The predicted molar refractivity (Wildman–Crippen MR) is 93.4 cm³/mol. The number of nitrogens with one attached hydrogen (secondary N) is 1. The maximum Gasteiger partial charge on any atom is 0.262 e. The van der Waals surface area contributed by atoms with Crippen molar-refractivity contribution < 1.29 is 13.2 Å². The van der Waals surface area contributed by atoms with Crippen LogP contribution in [0.25, 0.3) is 0 Å². The zero-order valence-corrected chi connectivity index (χ0v) is 14.6. The molecule has 0 spiro atoms. The maximum absolute atomic E-state index is 12.5. The first-order chi connectivity index (χ1) is 10.6. The van der Waals surface area contributed by atoms with Gasteiger partial charge in [0.05, 0.1) is 17.7 Å². The van der Waals surface area contributed by atoms with E-state index in [1.54, 1.807) is 30.3 Å². The number of nitrogen functional groups attached to an aromatic ring is 1. The number of anilines is 2. The van der Waals surface area contributed by atoms with Crippen molar-refractivity contribution in [1.29, 1.82) is 0 Å². The van der Waals surface area contributed by atoms with Crippen molar-refractivity contribution in [2.75, 3.05) is 17.6 Å². The van der Waals surface area contributed by atoms with Crippen molar-refractivity contribution in [1.82, 2.24) is 0 Å². The quantitative estimate of drug-likeness (QED) is 0.840. The summed E-state index contributed by atoms with van der Waals surface area (Å²) in [6, 6.07) is 11.6. The molecule has 2 aromatic carbocycles. The van der Waals surface area contributed by atoms with Crippen molar-refractivity contribution in [3.63, 3.8) is 0 Å². The second-order valence-corrected chi connectivity index (χ2v) is 8.02. The van der Waals surface area contributed by atoms with Crippen LogP contribution in [0.15, 0.2) is 47.4 Å². The van der Waals surface area contributed by atoms with Crippen LogP contribution in [0, 0.1) is 0 Å². The molecule has 0 atom stereocenters. The van der Waals surface area contributed by atoms with Crippen LogP contribution in [0.3, 0.4) is 0 Å². The molecule has 3 N–H and O–H groups in total. The van der Waals surface area contributed by atoms with E-state index in [1.165, 1.54) is 7.11 Å². The highest BCUT2D eigenvalue weighted by atomic mass is 32.2. The van der Waals surface area contributed by atoms with Crippen LogP contribution in [-0.2, 0) is 15.4 Å². The second kappa shape index (κ2) is 6.12. The average molecular weight is 334 g/mol. The molecule has 0 heterocycles. The third-order valence-electron chi connectivity index (χ3n) is 3.50. The Morgan fingerprint density at radius 2 is 1.65 bits per heavy atom. The summed E-state index contributed by atoms with van der Waals surface area (Å²) in [7, 11) is -2.23. The number of hydrogen-bond acceptors (Lipinski definition) is 4. The van der Waals surface area contributed by atoms with Crippen LogP contribution in [0.4, 0.5) is 11.4 Å². The fourth-order valence-corrected chi connectivity index (χ4v) is 3.20. The Balaban J connectivity index is 2.32. The fraction of sp³-hybridized carbons (Fsp3) is 0.294. The molecular weight excluding hydrogens is 312 g/mol. The highest BCUT2D eigenvalue weighted by molar-refractivity contribution is 7.92. The van der Waals surface area contributed by atoms with Crippen LogP contribution in [0.2, 0.25) is 0 Å². The standard InChI is InChI=1S/C17H22N2O3S/c1-17(2,3)12-5-8-14(9-6-12)23(20,21)19-15-10-7-13(18)11-16(15)22-4/h5-11,19H,18H2,1-4H3. The summed E-state index contributed by atoms with van der Waals surface area (Å²) >= 11 is 0. The first kappa shape index (κ1) is 17.1. The van der Waals surface area contributed by atoms with E-state index in [2.05, 4.69) is 25.5 Å². The molecule has 0 radical (unpaired) electrons. The van der Waals surface area contributed by atoms with Crippen LogP contribution < -0.4 is 15.2 Å². The third-order valence-corrected chi connectivity index (χ3v) is 4.88. The van der Waals surface area contributed by atoms with Gasteiger partial charge in [-0.05, 0) is 35.2 Å². The van der Waals surface area contributed by atoms with Gasteiger partial charge in [0.25, 0.3) is 10.0 Å². The van der Waals surface area contributed by atoms with Gasteiger partial charge in [-0.1, -0.05) is 32.9 Å². The first-order valence-electron chi connectivity index (χ1n) is 7.20. The molecule has 6 heteroatoms. The summed E-state index contributed by atoms with van der Waals surface area (Å²) < 4.78 is 32.7. The topological polar surface area (TPSA) is 81.4 Å². The summed E-state index contributed by atoms with van der Waals surface area (Å²) in [5.41, 5.74) is 7.57. The number of hydrogen-bond donors (Lipinski definition) is 2. The normalized spacial score (nSPS) is 12.0. The molecule has 0 aliphatic rings. The van der Waals surface area contributed by atoms with Gasteiger partial charge < -0.3 is 10.5 Å². The Labute approximate surface area is 137 Å². The molecule has 0 saturated carbocycles. The Morgan fingerprint density at radius 3 is 2.17 bits per heavy atom. The van der Waals surface area contributed by atoms with Gasteiger partial charge in [0.2, 0.25) is 0 Å². The lowest BCUT2D eigenvalue weighted by Crippen LogP contribution is -2.15. The molecule has 0 aliphatic carbocycles. The van der Waals surface area contributed by atoms with Gasteiger partial charge in [0.1, 0.15) is 5.75 Å². The van der Waals surface area contributed by atoms with Gasteiger partial charge in [0.15, 0.2) is 0 Å². The van der Waals surface area contributed by atoms with Gasteiger partial charge in [-0.25, -0.2) is 8.42 Å². The van der Waals surface area contributed by atoms with E-state index in [-0.39, 0.29) is 10.3 Å². The third kappa shape index (κ3) is 3.96. The molecule has 0 unspecified atom stereocenters. The van der Waals surface area contributed by atoms with Crippen molar-refractivity contribution in [3.8, 4) is 5.75 Å². The molecular formula is C17H22N2O3S. The SMILES string of the molecule is COc1cc(N)ccc1NS(=O)(=O)c1ccc(C(C)(C)C)cc1. The van der Waals surface area contributed by atoms with E-state index in [0.29, 0.717) is 17.1 Å². The Kier molecular flexibility index (Phi) is 4.56. The van der Waals surface area contributed by atoms with E-state index in [4.69, 9.17) is 10.5 Å². The number of methoxy groups -OCH3 is 1. The number of benzene rings is 2. The molecule has 0 bridgehead atoms. The minimum Gasteiger partial charge on any atom is -0.494 e. The summed E-state index contributed by atoms with van der Waals surface area (Å²) in [4.78, 5) is 0.198. The highest BCUT2D eigenvalue weighted by Crippen LogP contribution is 2.29. The summed E-state index contributed by atoms with van der Waals surface area (Å²) in [5.74, 6) is 0.375. The molecule has 0 fully saturated rings. The Morgan fingerprint density at radius 1 is 1.04 bits per heavy atom. The zero-order valence-electron chi connectivity index (χ0n) is 13.8. The van der Waals surface area contributed by atoms with Crippen molar-refractivity contribution in [3.05, 3.63) is 48.0 Å². The number of nitrogens with two attached hydrogens (primary N) is 1. The molecule has 0 aromatic heterocycles. The molecule has 2 aromatic rings. The van der Waals surface area contributed by atoms with E-state index < -0.39 is 10.0 Å². The zero-order chi connectivity index (χ0) is 17.3. The average Bonchev–Trinajstić information content (AvgIpc) is 2.48. The smallest absolute Gasteiger partial charge is 0.262 e. The summed E-state index contributed by atoms with van der Waals surface area (Å²) in [6.45, 7) is 6.23. The predicted octanol–water partition coefficient (Wildman–Crippen LogP) is 3.38. The number of sulfonamides is 1. The van der Waals surface area contributed by atoms with E-state index in [1.807, 2.05) is 12.1 Å². The van der Waals surface area contributed by atoms with Gasteiger partial charge >= 0.3 is 0 Å². The lowest BCUT2D eigenvalue weighted by Gasteiger charge is -2.19. The number of ether oxygens (including phenoxy) is 1. The molecule has 124 valence electrons. The van der Waals surface area contributed by atoms with Crippen molar-refractivity contribution in [2.45, 2.75) is 31.1 Å². The van der Waals surface area contributed by atoms with E-state index in [0.717, 1.165) is 5.56 Å². The van der Waals surface area contributed by atoms with E-state index >= 15 is 0 Å². The van der Waals surface area contributed by atoms with Gasteiger partial charge in [-0.3, -0.25) is 4.72 Å². The number of rotatable bonds is 4. The molecule has 0 amide bonds. The van der Waals surface area contributed by atoms with Gasteiger partial charge in [-0.15, -0.1) is 0 Å². The minimum atomic E-state index is -3.69. The molecule has 5 nitrogen and oxygen atoms in total. The lowest BCUT2D eigenvalue weighted by molar-refractivity contribution is 0.417.